The summed E-state index contributed by atoms with van der Waals surface area (Å²) in [6.45, 7) is 2.17. The van der Waals surface area contributed by atoms with Crippen LogP contribution in [-0.4, -0.2) is 18.5 Å². The summed E-state index contributed by atoms with van der Waals surface area (Å²) in [6.07, 6.45) is 2.77. The predicted molar refractivity (Wildman–Crippen MR) is 42.1 cm³/mol. The van der Waals surface area contributed by atoms with Crippen LogP contribution in [0.15, 0.2) is 11.8 Å². The van der Waals surface area contributed by atoms with Gasteiger partial charge in [0.05, 0.1) is 0 Å². The zero-order valence-corrected chi connectivity index (χ0v) is 6.92. The van der Waals surface area contributed by atoms with Gasteiger partial charge >= 0.3 is 5.97 Å². The first kappa shape index (κ1) is 8.77. The molecule has 1 aliphatic heterocycles. The summed E-state index contributed by atoms with van der Waals surface area (Å²) >= 11 is 0. The van der Waals surface area contributed by atoms with Crippen molar-refractivity contribution in [3.63, 3.8) is 0 Å². The Bertz CT molecular complexity index is 232. The van der Waals surface area contributed by atoms with Crippen LogP contribution in [0.2, 0.25) is 0 Å². The Morgan fingerprint density at radius 3 is 3.00 bits per heavy atom. The van der Waals surface area contributed by atoms with Gasteiger partial charge in [0.1, 0.15) is 12.3 Å². The molecule has 1 aliphatic rings. The molecule has 1 amide bonds. The Morgan fingerprint density at radius 2 is 2.50 bits per heavy atom. The lowest BCUT2D eigenvalue weighted by Crippen LogP contribution is -2.25. The summed E-state index contributed by atoms with van der Waals surface area (Å²) < 4.78 is 4.60. The number of rotatable bonds is 3. The molecule has 0 aromatic carbocycles. The average Bonchev–Trinajstić information content (AvgIpc) is 2.37. The van der Waals surface area contributed by atoms with E-state index in [-0.39, 0.29) is 18.2 Å². The topological polar surface area (TPSA) is 55.4 Å². The molecule has 4 nitrogen and oxygen atoms in total. The van der Waals surface area contributed by atoms with Crippen LogP contribution in [0.3, 0.4) is 0 Å². The predicted octanol–water partition coefficient (Wildman–Crippen LogP) is 0.343. The fraction of sp³-hybridized carbons (Fsp3) is 0.500. The molecule has 0 atom stereocenters. The number of esters is 1. The summed E-state index contributed by atoms with van der Waals surface area (Å²) in [6, 6.07) is 0. The summed E-state index contributed by atoms with van der Waals surface area (Å²) in [5, 5.41) is 2.48. The van der Waals surface area contributed by atoms with Gasteiger partial charge in [-0.3, -0.25) is 4.79 Å². The normalized spacial score (nSPS) is 15.4. The number of hydrogen-bond acceptors (Lipinski definition) is 3. The Hall–Kier alpha value is -1.32. The number of hydrogen-bond donors (Lipinski definition) is 1. The number of cyclic esters (lactones) is 1. The molecule has 0 saturated carbocycles. The highest BCUT2D eigenvalue weighted by atomic mass is 16.5. The Balaban J connectivity index is 2.40. The van der Waals surface area contributed by atoms with Crippen molar-refractivity contribution < 1.29 is 14.3 Å². The molecule has 1 heterocycles. The lowest BCUT2D eigenvalue weighted by Gasteiger charge is -2.01. The maximum absolute atomic E-state index is 11.0. The smallest absolute Gasteiger partial charge is 0.354 e. The van der Waals surface area contributed by atoms with Crippen LogP contribution in [0.1, 0.15) is 19.8 Å². The highest BCUT2D eigenvalue weighted by Crippen LogP contribution is 2.03. The second kappa shape index (κ2) is 3.90. The molecule has 12 heavy (non-hydrogen) atoms. The SMILES string of the molecule is CCCC(=O)NC1=CCOC1=O. The van der Waals surface area contributed by atoms with Crippen molar-refractivity contribution in [2.45, 2.75) is 19.8 Å². The summed E-state index contributed by atoms with van der Waals surface area (Å²) in [5.74, 6) is -0.581. The fourth-order valence-corrected chi connectivity index (χ4v) is 0.904. The van der Waals surface area contributed by atoms with Gasteiger partial charge in [-0.1, -0.05) is 6.92 Å². The van der Waals surface area contributed by atoms with Gasteiger partial charge in [-0.25, -0.2) is 4.79 Å². The molecule has 4 heteroatoms. The van der Waals surface area contributed by atoms with Gasteiger partial charge in [0, 0.05) is 6.42 Å². The van der Waals surface area contributed by atoms with E-state index >= 15 is 0 Å². The maximum Gasteiger partial charge on any atom is 0.354 e. The molecular formula is C8H11NO3. The van der Waals surface area contributed by atoms with Crippen molar-refractivity contribution in [3.05, 3.63) is 11.8 Å². The van der Waals surface area contributed by atoms with Gasteiger partial charge in [-0.15, -0.1) is 0 Å². The molecule has 0 bridgehead atoms. The van der Waals surface area contributed by atoms with Crippen LogP contribution >= 0.6 is 0 Å². The summed E-state index contributed by atoms with van der Waals surface area (Å²) in [5.41, 5.74) is 0.272. The third-order valence-corrected chi connectivity index (χ3v) is 1.47. The molecule has 1 N–H and O–H groups in total. The molecular weight excluding hydrogens is 158 g/mol. The quantitative estimate of drug-likeness (QED) is 0.620. The minimum atomic E-state index is -0.445. The Labute approximate surface area is 70.6 Å². The first-order valence-corrected chi connectivity index (χ1v) is 3.91. The van der Waals surface area contributed by atoms with Crippen LogP contribution in [0.4, 0.5) is 0 Å². The molecule has 0 aromatic heterocycles. The van der Waals surface area contributed by atoms with E-state index in [9.17, 15) is 9.59 Å². The van der Waals surface area contributed by atoms with Gasteiger partial charge in [-0.05, 0) is 12.5 Å². The molecule has 66 valence electrons. The van der Waals surface area contributed by atoms with E-state index in [4.69, 9.17) is 0 Å². The van der Waals surface area contributed by atoms with Crippen molar-refractivity contribution in [3.8, 4) is 0 Å². The van der Waals surface area contributed by atoms with E-state index < -0.39 is 5.97 Å². The first-order chi connectivity index (χ1) is 5.74. The molecule has 0 fully saturated rings. The molecule has 0 unspecified atom stereocenters. The van der Waals surface area contributed by atoms with Crippen LogP contribution in [0.25, 0.3) is 0 Å². The standard InChI is InChI=1S/C8H11NO3/c1-2-3-7(10)9-6-4-5-12-8(6)11/h4H,2-3,5H2,1H3,(H,9,10). The zero-order valence-electron chi connectivity index (χ0n) is 6.92. The molecule has 0 saturated heterocycles. The van der Waals surface area contributed by atoms with Crippen molar-refractivity contribution in [2.24, 2.45) is 0 Å². The van der Waals surface area contributed by atoms with E-state index in [2.05, 4.69) is 10.1 Å². The van der Waals surface area contributed by atoms with E-state index in [0.717, 1.165) is 6.42 Å². The Morgan fingerprint density at radius 1 is 1.75 bits per heavy atom. The first-order valence-electron chi connectivity index (χ1n) is 3.91. The van der Waals surface area contributed by atoms with Crippen LogP contribution in [0.5, 0.6) is 0 Å². The number of ether oxygens (including phenoxy) is 1. The van der Waals surface area contributed by atoms with Crippen molar-refractivity contribution in [2.75, 3.05) is 6.61 Å². The van der Waals surface area contributed by atoms with Crippen LogP contribution < -0.4 is 5.32 Å². The lowest BCUT2D eigenvalue weighted by molar-refractivity contribution is -0.137. The second-order valence-corrected chi connectivity index (χ2v) is 2.51. The van der Waals surface area contributed by atoms with Crippen LogP contribution in [0, 0.1) is 0 Å². The fourth-order valence-electron chi connectivity index (χ4n) is 0.904. The Kier molecular flexibility index (Phi) is 2.85. The maximum atomic E-state index is 11.0. The number of amides is 1. The molecule has 0 aromatic rings. The average molecular weight is 169 g/mol. The van der Waals surface area contributed by atoms with Gasteiger partial charge in [0.2, 0.25) is 5.91 Å². The molecule has 1 rings (SSSR count). The minimum absolute atomic E-state index is 0.136. The van der Waals surface area contributed by atoms with E-state index in [0.29, 0.717) is 6.42 Å². The van der Waals surface area contributed by atoms with E-state index in [1.165, 1.54) is 0 Å². The van der Waals surface area contributed by atoms with Crippen molar-refractivity contribution >= 4 is 11.9 Å². The van der Waals surface area contributed by atoms with Gasteiger partial charge in [0.25, 0.3) is 0 Å². The van der Waals surface area contributed by atoms with Gasteiger partial charge in [0.15, 0.2) is 0 Å². The van der Waals surface area contributed by atoms with Crippen molar-refractivity contribution in [1.29, 1.82) is 0 Å². The lowest BCUT2D eigenvalue weighted by atomic mass is 10.3. The third kappa shape index (κ3) is 2.08. The molecule has 0 spiro atoms. The number of nitrogens with one attached hydrogen (secondary N) is 1. The van der Waals surface area contributed by atoms with Gasteiger partial charge in [-0.2, -0.15) is 0 Å². The van der Waals surface area contributed by atoms with Crippen molar-refractivity contribution in [1.82, 2.24) is 5.32 Å². The molecule has 0 radical (unpaired) electrons. The third-order valence-electron chi connectivity index (χ3n) is 1.47. The van der Waals surface area contributed by atoms with Crippen LogP contribution in [-0.2, 0) is 14.3 Å². The number of carbonyl (C=O) groups excluding carboxylic acids is 2. The van der Waals surface area contributed by atoms with E-state index in [1.54, 1.807) is 6.08 Å². The summed E-state index contributed by atoms with van der Waals surface area (Å²) in [4.78, 5) is 21.8. The second-order valence-electron chi connectivity index (χ2n) is 2.51. The minimum Gasteiger partial charge on any atom is -0.457 e. The van der Waals surface area contributed by atoms with Gasteiger partial charge < -0.3 is 10.1 Å². The van der Waals surface area contributed by atoms with E-state index in [1.807, 2.05) is 6.92 Å². The number of carbonyl (C=O) groups is 2. The highest BCUT2D eigenvalue weighted by molar-refractivity contribution is 5.95. The summed E-state index contributed by atoms with van der Waals surface area (Å²) in [7, 11) is 0. The molecule has 0 aliphatic carbocycles. The highest BCUT2D eigenvalue weighted by Gasteiger charge is 2.17. The monoisotopic (exact) mass is 169 g/mol. The largest absolute Gasteiger partial charge is 0.457 e. The zero-order chi connectivity index (χ0) is 8.97.